The predicted octanol–water partition coefficient (Wildman–Crippen LogP) is 3.16. The van der Waals surface area contributed by atoms with E-state index in [2.05, 4.69) is 55.4 Å². The third-order valence-electron chi connectivity index (χ3n) is 4.93. The van der Waals surface area contributed by atoms with Crippen molar-refractivity contribution in [1.82, 2.24) is 4.90 Å². The van der Waals surface area contributed by atoms with Crippen LogP contribution in [-0.2, 0) is 5.41 Å². The van der Waals surface area contributed by atoms with Crippen LogP contribution >= 0.6 is 0 Å². The molecule has 0 aromatic heterocycles. The molecule has 1 unspecified atom stereocenters. The SMILES string of the molecule is CN(C)CCC1(CN)CCCOc2c1ccc1ccccc21. The highest BCUT2D eigenvalue weighted by molar-refractivity contribution is 5.90. The summed E-state index contributed by atoms with van der Waals surface area (Å²) < 4.78 is 6.16. The molecule has 0 fully saturated rings. The monoisotopic (exact) mass is 298 g/mol. The van der Waals surface area contributed by atoms with Gasteiger partial charge >= 0.3 is 0 Å². The van der Waals surface area contributed by atoms with Crippen LogP contribution in [0.2, 0.25) is 0 Å². The van der Waals surface area contributed by atoms with Gasteiger partial charge in [0.05, 0.1) is 6.61 Å². The summed E-state index contributed by atoms with van der Waals surface area (Å²) in [6.07, 6.45) is 3.24. The maximum absolute atomic E-state index is 6.28. The first-order valence-corrected chi connectivity index (χ1v) is 8.16. The molecular formula is C19H26N2O. The van der Waals surface area contributed by atoms with E-state index >= 15 is 0 Å². The molecule has 22 heavy (non-hydrogen) atoms. The highest BCUT2D eigenvalue weighted by Gasteiger charge is 2.35. The average Bonchev–Trinajstić information content (AvgIpc) is 2.73. The molecule has 2 aromatic carbocycles. The van der Waals surface area contributed by atoms with Crippen molar-refractivity contribution in [3.63, 3.8) is 0 Å². The highest BCUT2D eigenvalue weighted by atomic mass is 16.5. The maximum atomic E-state index is 6.28. The van der Waals surface area contributed by atoms with Crippen LogP contribution in [-0.4, -0.2) is 38.7 Å². The zero-order chi connectivity index (χ0) is 15.6. The minimum absolute atomic E-state index is 0.0279. The van der Waals surface area contributed by atoms with E-state index in [9.17, 15) is 0 Å². The van der Waals surface area contributed by atoms with Crippen LogP contribution in [0, 0.1) is 0 Å². The molecular weight excluding hydrogens is 272 g/mol. The van der Waals surface area contributed by atoms with Crippen LogP contribution in [0.3, 0.4) is 0 Å². The van der Waals surface area contributed by atoms with Crippen molar-refractivity contribution in [2.45, 2.75) is 24.7 Å². The third-order valence-corrected chi connectivity index (χ3v) is 4.93. The van der Waals surface area contributed by atoms with Crippen LogP contribution in [0.1, 0.15) is 24.8 Å². The molecule has 2 aromatic rings. The molecule has 118 valence electrons. The Labute approximate surface area is 133 Å². The first-order chi connectivity index (χ1) is 10.7. The molecule has 1 aliphatic rings. The minimum atomic E-state index is 0.0279. The molecule has 0 saturated heterocycles. The van der Waals surface area contributed by atoms with Gasteiger partial charge in [-0.15, -0.1) is 0 Å². The summed E-state index contributed by atoms with van der Waals surface area (Å²) >= 11 is 0. The van der Waals surface area contributed by atoms with Crippen molar-refractivity contribution in [3.05, 3.63) is 42.0 Å². The molecule has 1 aliphatic heterocycles. The van der Waals surface area contributed by atoms with E-state index < -0.39 is 0 Å². The third kappa shape index (κ3) is 2.71. The van der Waals surface area contributed by atoms with Crippen LogP contribution in [0.5, 0.6) is 5.75 Å². The summed E-state index contributed by atoms with van der Waals surface area (Å²) in [5, 5.41) is 2.45. The van der Waals surface area contributed by atoms with Crippen molar-refractivity contribution in [2.75, 3.05) is 33.8 Å². The van der Waals surface area contributed by atoms with Gasteiger partial charge < -0.3 is 15.4 Å². The van der Waals surface area contributed by atoms with Gasteiger partial charge in [-0.1, -0.05) is 36.4 Å². The molecule has 0 aliphatic carbocycles. The number of ether oxygens (including phenoxy) is 1. The summed E-state index contributed by atoms with van der Waals surface area (Å²) in [7, 11) is 4.25. The fourth-order valence-electron chi connectivity index (χ4n) is 3.55. The molecule has 0 bridgehead atoms. The number of nitrogens with two attached hydrogens (primary N) is 1. The number of rotatable bonds is 4. The smallest absolute Gasteiger partial charge is 0.130 e. The number of hydrogen-bond acceptors (Lipinski definition) is 3. The summed E-state index contributed by atoms with van der Waals surface area (Å²) in [6.45, 7) is 2.50. The molecule has 1 atom stereocenters. The predicted molar refractivity (Wildman–Crippen MR) is 92.6 cm³/mol. The van der Waals surface area contributed by atoms with E-state index in [0.29, 0.717) is 6.54 Å². The number of nitrogens with zero attached hydrogens (tertiary/aromatic N) is 1. The van der Waals surface area contributed by atoms with Crippen LogP contribution < -0.4 is 10.5 Å². The van der Waals surface area contributed by atoms with Crippen molar-refractivity contribution >= 4 is 10.8 Å². The summed E-state index contributed by atoms with van der Waals surface area (Å²) in [5.41, 5.74) is 7.61. The molecule has 3 rings (SSSR count). The Bertz CT molecular complexity index is 653. The van der Waals surface area contributed by atoms with Crippen LogP contribution in [0.25, 0.3) is 10.8 Å². The lowest BCUT2D eigenvalue weighted by atomic mass is 9.73. The number of hydrogen-bond donors (Lipinski definition) is 1. The first kappa shape index (κ1) is 15.3. The van der Waals surface area contributed by atoms with Gasteiger partial charge in [0, 0.05) is 22.9 Å². The van der Waals surface area contributed by atoms with E-state index in [1.165, 1.54) is 16.3 Å². The van der Waals surface area contributed by atoms with E-state index in [1.54, 1.807) is 0 Å². The quantitative estimate of drug-likeness (QED) is 0.942. The molecule has 3 nitrogen and oxygen atoms in total. The van der Waals surface area contributed by atoms with Crippen molar-refractivity contribution in [1.29, 1.82) is 0 Å². The zero-order valence-electron chi connectivity index (χ0n) is 13.6. The Kier molecular flexibility index (Phi) is 4.37. The van der Waals surface area contributed by atoms with Crippen LogP contribution in [0.15, 0.2) is 36.4 Å². The van der Waals surface area contributed by atoms with Crippen LogP contribution in [0.4, 0.5) is 0 Å². The van der Waals surface area contributed by atoms with Gasteiger partial charge in [0.25, 0.3) is 0 Å². The molecule has 0 saturated carbocycles. The standard InChI is InChI=1S/C19H26N2O/c1-21(2)12-11-19(14-20)10-5-13-22-18-16-7-4-3-6-15(16)8-9-17(18)19/h3-4,6-9H,5,10-14,20H2,1-2H3. The maximum Gasteiger partial charge on any atom is 0.130 e. The minimum Gasteiger partial charge on any atom is -0.493 e. The molecule has 3 heteroatoms. The number of fused-ring (bicyclic) bond motifs is 3. The fourth-order valence-corrected chi connectivity index (χ4v) is 3.55. The number of benzene rings is 2. The van der Waals surface area contributed by atoms with E-state index in [0.717, 1.165) is 38.2 Å². The summed E-state index contributed by atoms with van der Waals surface area (Å²) in [5.74, 6) is 1.06. The van der Waals surface area contributed by atoms with Gasteiger partial charge in [-0.25, -0.2) is 0 Å². The Morgan fingerprint density at radius 2 is 2.00 bits per heavy atom. The van der Waals surface area contributed by atoms with Gasteiger partial charge in [-0.05, 0) is 45.3 Å². The molecule has 2 N–H and O–H groups in total. The second-order valence-electron chi connectivity index (χ2n) is 6.65. The molecule has 0 amide bonds. The Balaban J connectivity index is 2.13. The van der Waals surface area contributed by atoms with E-state index in [1.807, 2.05) is 0 Å². The lowest BCUT2D eigenvalue weighted by molar-refractivity contribution is 0.291. The Morgan fingerprint density at radius 3 is 2.77 bits per heavy atom. The lowest BCUT2D eigenvalue weighted by Crippen LogP contribution is -2.37. The molecule has 1 heterocycles. The molecule has 0 spiro atoms. The highest BCUT2D eigenvalue weighted by Crippen LogP contribution is 2.43. The van der Waals surface area contributed by atoms with Gasteiger partial charge in [-0.3, -0.25) is 0 Å². The van der Waals surface area contributed by atoms with Crippen molar-refractivity contribution in [3.8, 4) is 5.75 Å². The van der Waals surface area contributed by atoms with Crippen molar-refractivity contribution < 1.29 is 4.74 Å². The summed E-state index contributed by atoms with van der Waals surface area (Å²) in [6, 6.07) is 12.9. The normalized spacial score (nSPS) is 21.5. The Morgan fingerprint density at radius 1 is 1.18 bits per heavy atom. The van der Waals surface area contributed by atoms with Crippen molar-refractivity contribution in [2.24, 2.45) is 5.73 Å². The lowest BCUT2D eigenvalue weighted by Gasteiger charge is -2.34. The topological polar surface area (TPSA) is 38.5 Å². The second-order valence-corrected chi connectivity index (χ2v) is 6.65. The van der Waals surface area contributed by atoms with E-state index in [4.69, 9.17) is 10.5 Å². The van der Waals surface area contributed by atoms with Gasteiger partial charge in [0.15, 0.2) is 0 Å². The van der Waals surface area contributed by atoms with Gasteiger partial charge in [-0.2, -0.15) is 0 Å². The fraction of sp³-hybridized carbons (Fsp3) is 0.474. The molecule has 0 radical (unpaired) electrons. The summed E-state index contributed by atoms with van der Waals surface area (Å²) in [4.78, 5) is 2.24. The largest absolute Gasteiger partial charge is 0.493 e. The zero-order valence-corrected chi connectivity index (χ0v) is 13.6. The van der Waals surface area contributed by atoms with E-state index in [-0.39, 0.29) is 5.41 Å². The van der Waals surface area contributed by atoms with Gasteiger partial charge in [0.1, 0.15) is 5.75 Å². The first-order valence-electron chi connectivity index (χ1n) is 8.16. The second kappa shape index (κ2) is 6.27. The Hall–Kier alpha value is -1.58. The van der Waals surface area contributed by atoms with Gasteiger partial charge in [0.2, 0.25) is 0 Å². The average molecular weight is 298 g/mol.